The molecule has 1 aromatic carbocycles. The highest BCUT2D eigenvalue weighted by Crippen LogP contribution is 2.24. The van der Waals surface area contributed by atoms with Crippen molar-refractivity contribution in [1.29, 1.82) is 0 Å². The van der Waals surface area contributed by atoms with Gasteiger partial charge in [-0.3, -0.25) is 4.79 Å². The number of aromatic nitrogens is 1. The van der Waals surface area contributed by atoms with Gasteiger partial charge in [-0.1, -0.05) is 12.1 Å². The van der Waals surface area contributed by atoms with Crippen LogP contribution in [0.5, 0.6) is 6.08 Å². The van der Waals surface area contributed by atoms with E-state index in [1.54, 1.807) is 0 Å². The molecule has 1 saturated carbocycles. The number of Topliss-reactive ketones (excluding diaryl/α,β-unsaturated/α-hetero) is 1. The van der Waals surface area contributed by atoms with Gasteiger partial charge < -0.3 is 9.15 Å². The van der Waals surface area contributed by atoms with Crippen LogP contribution in [-0.2, 0) is 4.79 Å². The van der Waals surface area contributed by atoms with Crippen LogP contribution in [0.15, 0.2) is 28.7 Å². The smallest absolute Gasteiger partial charge is 0.394 e. The Hall–Kier alpha value is -1.84. The summed E-state index contributed by atoms with van der Waals surface area (Å²) in [6, 6.07) is 7.56. The van der Waals surface area contributed by atoms with Gasteiger partial charge in [0.25, 0.3) is 0 Å². The third kappa shape index (κ3) is 2.16. The van der Waals surface area contributed by atoms with Crippen LogP contribution in [0.4, 0.5) is 0 Å². The first-order chi connectivity index (χ1) is 8.31. The van der Waals surface area contributed by atoms with Gasteiger partial charge in [0.15, 0.2) is 5.58 Å². The van der Waals surface area contributed by atoms with Gasteiger partial charge in [0.05, 0.1) is 0 Å². The van der Waals surface area contributed by atoms with Crippen molar-refractivity contribution < 1.29 is 13.9 Å². The molecule has 0 spiro atoms. The number of carbonyl (C=O) groups is 1. The Balaban J connectivity index is 1.74. The van der Waals surface area contributed by atoms with E-state index in [0.717, 1.165) is 23.9 Å². The lowest BCUT2D eigenvalue weighted by Crippen LogP contribution is -2.24. The minimum atomic E-state index is 0.0563. The molecule has 88 valence electrons. The number of ketones is 1. The zero-order chi connectivity index (χ0) is 11.7. The largest absolute Gasteiger partial charge is 0.447 e. The Kier molecular flexibility index (Phi) is 2.55. The van der Waals surface area contributed by atoms with Crippen molar-refractivity contribution in [3.8, 4) is 6.08 Å². The normalized spacial score (nSPS) is 17.5. The first-order valence-corrected chi connectivity index (χ1v) is 5.85. The van der Waals surface area contributed by atoms with Crippen LogP contribution in [0.3, 0.4) is 0 Å². The van der Waals surface area contributed by atoms with Gasteiger partial charge in [0.2, 0.25) is 0 Å². The number of ether oxygens (including phenoxy) is 1. The molecule has 0 amide bonds. The average molecular weight is 231 g/mol. The number of nitrogens with zero attached hydrogens (tertiary/aromatic N) is 1. The van der Waals surface area contributed by atoms with E-state index in [2.05, 4.69) is 4.98 Å². The zero-order valence-electron chi connectivity index (χ0n) is 9.39. The Morgan fingerprint density at radius 3 is 2.76 bits per heavy atom. The lowest BCUT2D eigenvalue weighted by molar-refractivity contribution is -0.121. The summed E-state index contributed by atoms with van der Waals surface area (Å²) in [7, 11) is 0. The predicted molar refractivity (Wildman–Crippen MR) is 61.9 cm³/mol. The van der Waals surface area contributed by atoms with Crippen LogP contribution >= 0.6 is 0 Å². The molecule has 4 heteroatoms. The second-order valence-corrected chi connectivity index (χ2v) is 4.30. The maximum Gasteiger partial charge on any atom is 0.394 e. The first kappa shape index (κ1) is 10.3. The van der Waals surface area contributed by atoms with Gasteiger partial charge in [-0.2, -0.15) is 4.98 Å². The molecule has 0 N–H and O–H groups in total. The standard InChI is InChI=1S/C13H13NO3/c15-9-5-7-10(8-6-9)16-13-14-11-3-1-2-4-12(11)17-13/h1-4,10H,5-8H2. The minimum absolute atomic E-state index is 0.0563. The fraction of sp³-hybridized carbons (Fsp3) is 0.385. The van der Waals surface area contributed by atoms with Gasteiger partial charge in [0, 0.05) is 12.8 Å². The highest BCUT2D eigenvalue weighted by molar-refractivity contribution is 5.79. The number of rotatable bonds is 2. The molecule has 1 aliphatic rings. The molecule has 1 fully saturated rings. The van der Waals surface area contributed by atoms with E-state index < -0.39 is 0 Å². The Labute approximate surface area is 98.6 Å². The van der Waals surface area contributed by atoms with E-state index in [1.807, 2.05) is 24.3 Å². The van der Waals surface area contributed by atoms with Crippen LogP contribution in [0.2, 0.25) is 0 Å². The number of oxazole rings is 1. The number of fused-ring (bicyclic) bond motifs is 1. The fourth-order valence-corrected chi connectivity index (χ4v) is 2.08. The third-order valence-electron chi connectivity index (χ3n) is 3.03. The number of para-hydroxylation sites is 2. The summed E-state index contributed by atoms with van der Waals surface area (Å²) < 4.78 is 11.1. The summed E-state index contributed by atoms with van der Waals surface area (Å²) in [5.41, 5.74) is 1.53. The van der Waals surface area contributed by atoms with Crippen LogP contribution in [0.1, 0.15) is 25.7 Å². The van der Waals surface area contributed by atoms with E-state index in [-0.39, 0.29) is 6.10 Å². The van der Waals surface area contributed by atoms with Crippen molar-refractivity contribution >= 4 is 16.9 Å². The predicted octanol–water partition coefficient (Wildman–Crippen LogP) is 2.72. The Morgan fingerprint density at radius 2 is 2.00 bits per heavy atom. The van der Waals surface area contributed by atoms with E-state index in [4.69, 9.17) is 9.15 Å². The summed E-state index contributed by atoms with van der Waals surface area (Å²) in [6.45, 7) is 0. The number of benzene rings is 1. The third-order valence-corrected chi connectivity index (χ3v) is 3.03. The van der Waals surface area contributed by atoms with E-state index in [1.165, 1.54) is 0 Å². The van der Waals surface area contributed by atoms with Gasteiger partial charge in [-0.05, 0) is 25.0 Å². The van der Waals surface area contributed by atoms with Crippen LogP contribution < -0.4 is 4.74 Å². The van der Waals surface area contributed by atoms with E-state index in [9.17, 15) is 4.79 Å². The van der Waals surface area contributed by atoms with Gasteiger partial charge in [-0.15, -0.1) is 0 Å². The first-order valence-electron chi connectivity index (χ1n) is 5.85. The van der Waals surface area contributed by atoms with E-state index >= 15 is 0 Å². The maximum absolute atomic E-state index is 11.1. The Bertz CT molecular complexity index is 503. The van der Waals surface area contributed by atoms with Crippen molar-refractivity contribution in [2.75, 3.05) is 0 Å². The number of hydrogen-bond donors (Lipinski definition) is 0. The topological polar surface area (TPSA) is 52.3 Å². The molecule has 0 aliphatic heterocycles. The molecule has 0 unspecified atom stereocenters. The second kappa shape index (κ2) is 4.20. The van der Waals surface area contributed by atoms with Crippen LogP contribution in [0.25, 0.3) is 11.1 Å². The molecular formula is C13H13NO3. The lowest BCUT2D eigenvalue weighted by Gasteiger charge is -2.19. The molecule has 1 aliphatic carbocycles. The summed E-state index contributed by atoms with van der Waals surface area (Å²) in [6.07, 6.45) is 3.09. The Morgan fingerprint density at radius 1 is 1.24 bits per heavy atom. The fourth-order valence-electron chi connectivity index (χ4n) is 2.08. The molecule has 0 radical (unpaired) electrons. The van der Waals surface area contributed by atoms with Gasteiger partial charge in [0.1, 0.15) is 17.4 Å². The van der Waals surface area contributed by atoms with Crippen molar-refractivity contribution in [1.82, 2.24) is 4.98 Å². The van der Waals surface area contributed by atoms with Crippen molar-refractivity contribution in [2.45, 2.75) is 31.8 Å². The maximum atomic E-state index is 11.1. The van der Waals surface area contributed by atoms with Gasteiger partial charge in [-0.25, -0.2) is 0 Å². The number of hydrogen-bond acceptors (Lipinski definition) is 4. The quantitative estimate of drug-likeness (QED) is 0.797. The molecule has 0 atom stereocenters. The van der Waals surface area contributed by atoms with Crippen LogP contribution in [-0.4, -0.2) is 16.9 Å². The summed E-state index contributed by atoms with van der Waals surface area (Å²) in [5.74, 6) is 0.322. The molecule has 1 aromatic heterocycles. The SMILES string of the molecule is O=C1CCC(Oc2nc3ccccc3o2)CC1. The number of carbonyl (C=O) groups excluding carboxylic acids is 1. The summed E-state index contributed by atoms with van der Waals surface area (Å²) >= 11 is 0. The zero-order valence-corrected chi connectivity index (χ0v) is 9.39. The lowest BCUT2D eigenvalue weighted by atomic mass is 9.97. The van der Waals surface area contributed by atoms with Crippen molar-refractivity contribution in [3.63, 3.8) is 0 Å². The van der Waals surface area contributed by atoms with Crippen molar-refractivity contribution in [3.05, 3.63) is 24.3 Å². The van der Waals surface area contributed by atoms with Gasteiger partial charge >= 0.3 is 6.08 Å². The molecule has 0 bridgehead atoms. The molecule has 2 aromatic rings. The summed E-state index contributed by atoms with van der Waals surface area (Å²) in [5, 5.41) is 0. The highest BCUT2D eigenvalue weighted by Gasteiger charge is 2.21. The molecule has 1 heterocycles. The monoisotopic (exact) mass is 231 g/mol. The molecule has 3 rings (SSSR count). The molecule has 17 heavy (non-hydrogen) atoms. The molecule has 0 saturated heterocycles. The second-order valence-electron chi connectivity index (χ2n) is 4.30. The van der Waals surface area contributed by atoms with Crippen LogP contribution in [0, 0.1) is 0 Å². The minimum Gasteiger partial charge on any atom is -0.447 e. The average Bonchev–Trinajstić information content (AvgIpc) is 2.74. The summed E-state index contributed by atoms with van der Waals surface area (Å²) in [4.78, 5) is 15.4. The molecular weight excluding hydrogens is 218 g/mol. The van der Waals surface area contributed by atoms with Crippen molar-refractivity contribution in [2.24, 2.45) is 0 Å². The highest BCUT2D eigenvalue weighted by atomic mass is 16.6. The van der Waals surface area contributed by atoms with E-state index in [0.29, 0.717) is 24.7 Å². The molecule has 4 nitrogen and oxygen atoms in total.